The van der Waals surface area contributed by atoms with Crippen LogP contribution in [0.2, 0.25) is 0 Å². The molecular formula is C34H30F3N3O6. The van der Waals surface area contributed by atoms with Crippen LogP contribution in [0.3, 0.4) is 0 Å². The Kier molecular flexibility index (Phi) is 10.5. The van der Waals surface area contributed by atoms with Crippen LogP contribution in [-0.2, 0) is 17.4 Å². The Labute approximate surface area is 262 Å². The maximum atomic E-state index is 13.4. The number of carbonyl (C=O) groups excluding carboxylic acids is 3. The molecule has 0 saturated carbocycles. The number of nitrogens with one attached hydrogen (secondary N) is 2. The minimum absolute atomic E-state index is 0.0681. The molecule has 4 aromatic rings. The summed E-state index contributed by atoms with van der Waals surface area (Å²) in [6, 6.07) is 21.4. The van der Waals surface area contributed by atoms with Gasteiger partial charge in [-0.15, -0.1) is 0 Å². The molecule has 0 saturated heterocycles. The predicted octanol–water partition coefficient (Wildman–Crippen LogP) is 5.76. The molecule has 9 nitrogen and oxygen atoms in total. The van der Waals surface area contributed by atoms with Gasteiger partial charge in [0.25, 0.3) is 11.8 Å². The number of carboxylic acids is 1. The summed E-state index contributed by atoms with van der Waals surface area (Å²) in [7, 11) is 3.14. The zero-order valence-corrected chi connectivity index (χ0v) is 24.9. The Hall–Kier alpha value is -5.49. The van der Waals surface area contributed by atoms with E-state index in [1.165, 1.54) is 41.3 Å². The number of amides is 2. The Bertz CT molecular complexity index is 1740. The highest BCUT2D eigenvalue weighted by molar-refractivity contribution is 6.11. The molecule has 3 N–H and O–H groups in total. The van der Waals surface area contributed by atoms with Crippen molar-refractivity contribution in [2.24, 2.45) is 0 Å². The van der Waals surface area contributed by atoms with Gasteiger partial charge < -0.3 is 25.4 Å². The van der Waals surface area contributed by atoms with Gasteiger partial charge in [0, 0.05) is 19.7 Å². The van der Waals surface area contributed by atoms with Crippen molar-refractivity contribution in [3.05, 3.63) is 119 Å². The number of ether oxygens (including phenoxy) is 1. The molecule has 0 radical (unpaired) electrons. The Morgan fingerprint density at radius 1 is 0.848 bits per heavy atom. The summed E-state index contributed by atoms with van der Waals surface area (Å²) in [4.78, 5) is 51.0. The van der Waals surface area contributed by atoms with E-state index in [9.17, 15) is 32.3 Å². The van der Waals surface area contributed by atoms with Gasteiger partial charge in [0.1, 0.15) is 5.75 Å². The van der Waals surface area contributed by atoms with Gasteiger partial charge in [-0.25, -0.2) is 4.79 Å². The SMILES string of the molecule is CN(C)C(=O)c1cc(CCNCC(=O)Oc2ccc(C(=O)O)cc2)ccc1NC(=O)c1ccccc1-c1ccc(C(F)(F)F)cc1. The molecule has 2 amide bonds. The predicted molar refractivity (Wildman–Crippen MR) is 165 cm³/mol. The average molecular weight is 634 g/mol. The number of nitrogens with zero attached hydrogens (tertiary/aromatic N) is 1. The van der Waals surface area contributed by atoms with Crippen LogP contribution in [-0.4, -0.2) is 60.9 Å². The lowest BCUT2D eigenvalue weighted by Crippen LogP contribution is -2.28. The third-order valence-electron chi connectivity index (χ3n) is 6.86. The molecule has 0 aliphatic heterocycles. The number of anilines is 1. The third-order valence-corrected chi connectivity index (χ3v) is 6.86. The zero-order valence-electron chi connectivity index (χ0n) is 24.9. The van der Waals surface area contributed by atoms with Crippen molar-refractivity contribution >= 4 is 29.4 Å². The molecule has 0 unspecified atom stereocenters. The van der Waals surface area contributed by atoms with Crippen LogP contribution < -0.4 is 15.4 Å². The maximum Gasteiger partial charge on any atom is 0.416 e. The van der Waals surface area contributed by atoms with Gasteiger partial charge in [0.05, 0.1) is 28.9 Å². The highest BCUT2D eigenvalue weighted by Gasteiger charge is 2.30. The number of benzene rings is 4. The van der Waals surface area contributed by atoms with Crippen LogP contribution in [0, 0.1) is 0 Å². The summed E-state index contributed by atoms with van der Waals surface area (Å²) in [6.45, 7) is 0.242. The van der Waals surface area contributed by atoms with Crippen LogP contribution in [0.15, 0.2) is 91.0 Å². The number of carboxylic acid groups (broad SMARTS) is 1. The van der Waals surface area contributed by atoms with Gasteiger partial charge in [0.15, 0.2) is 0 Å². The molecule has 4 aromatic carbocycles. The van der Waals surface area contributed by atoms with E-state index in [2.05, 4.69) is 10.6 Å². The molecule has 0 atom stereocenters. The molecule has 0 aliphatic carbocycles. The number of esters is 1. The first kappa shape index (κ1) is 33.4. The van der Waals surface area contributed by atoms with E-state index in [4.69, 9.17) is 9.84 Å². The second-order valence-corrected chi connectivity index (χ2v) is 10.4. The van der Waals surface area contributed by atoms with Crippen molar-refractivity contribution in [1.82, 2.24) is 10.2 Å². The second-order valence-electron chi connectivity index (χ2n) is 10.4. The summed E-state index contributed by atoms with van der Waals surface area (Å²) in [5, 5.41) is 14.7. The van der Waals surface area contributed by atoms with Gasteiger partial charge in [0.2, 0.25) is 0 Å². The standard InChI is InChI=1S/C34H30F3N3O6/c1-40(2)32(43)28-19-21(17-18-38-20-30(41)46-25-14-10-23(11-15-25)33(44)45)7-16-29(28)39-31(42)27-6-4-3-5-26(27)22-8-12-24(13-9-22)34(35,36)37/h3-16,19,38H,17-18,20H2,1-2H3,(H,39,42)(H,44,45). The van der Waals surface area contributed by atoms with Gasteiger partial charge in [-0.3, -0.25) is 14.4 Å². The summed E-state index contributed by atoms with van der Waals surface area (Å²) in [5.74, 6) is -2.36. The highest BCUT2D eigenvalue weighted by Crippen LogP contribution is 2.32. The molecule has 0 aliphatic rings. The molecular weight excluding hydrogens is 603 g/mol. The summed E-state index contributed by atoms with van der Waals surface area (Å²) < 4.78 is 44.3. The lowest BCUT2D eigenvalue weighted by atomic mass is 9.97. The van der Waals surface area contributed by atoms with Crippen molar-refractivity contribution in [1.29, 1.82) is 0 Å². The highest BCUT2D eigenvalue weighted by atomic mass is 19.4. The number of carbonyl (C=O) groups is 4. The number of rotatable bonds is 11. The molecule has 0 bridgehead atoms. The largest absolute Gasteiger partial charge is 0.478 e. The topological polar surface area (TPSA) is 125 Å². The molecule has 0 aromatic heterocycles. The minimum atomic E-state index is -4.49. The van der Waals surface area contributed by atoms with Crippen molar-refractivity contribution in [2.45, 2.75) is 12.6 Å². The van der Waals surface area contributed by atoms with E-state index in [1.54, 1.807) is 56.6 Å². The molecule has 238 valence electrons. The number of halogens is 3. The van der Waals surface area contributed by atoms with Crippen LogP contribution in [0.25, 0.3) is 11.1 Å². The molecule has 0 heterocycles. The fourth-order valence-corrected chi connectivity index (χ4v) is 4.49. The first-order valence-corrected chi connectivity index (χ1v) is 14.0. The molecule has 46 heavy (non-hydrogen) atoms. The van der Waals surface area contributed by atoms with Crippen LogP contribution in [0.1, 0.15) is 42.2 Å². The quantitative estimate of drug-likeness (QED) is 0.109. The monoisotopic (exact) mass is 633 g/mol. The van der Waals surface area contributed by atoms with Gasteiger partial charge >= 0.3 is 18.1 Å². The van der Waals surface area contributed by atoms with Crippen molar-refractivity contribution in [2.75, 3.05) is 32.5 Å². The minimum Gasteiger partial charge on any atom is -0.478 e. The van der Waals surface area contributed by atoms with E-state index < -0.39 is 29.6 Å². The first-order chi connectivity index (χ1) is 21.8. The van der Waals surface area contributed by atoms with Crippen LogP contribution >= 0.6 is 0 Å². The number of aromatic carboxylic acids is 1. The lowest BCUT2D eigenvalue weighted by molar-refractivity contribution is -0.137. The normalized spacial score (nSPS) is 11.1. The Morgan fingerprint density at radius 3 is 2.15 bits per heavy atom. The second kappa shape index (κ2) is 14.5. The Balaban J connectivity index is 1.43. The van der Waals surface area contributed by atoms with Crippen molar-refractivity contribution < 1.29 is 42.2 Å². The van der Waals surface area contributed by atoms with Gasteiger partial charge in [-0.05, 0) is 84.3 Å². The van der Waals surface area contributed by atoms with Crippen molar-refractivity contribution in [3.63, 3.8) is 0 Å². The molecule has 0 fully saturated rings. The van der Waals surface area contributed by atoms with Crippen LogP contribution in [0.4, 0.5) is 18.9 Å². The molecule has 0 spiro atoms. The number of alkyl halides is 3. The summed E-state index contributed by atoms with van der Waals surface area (Å²) >= 11 is 0. The maximum absolute atomic E-state index is 13.4. The van der Waals surface area contributed by atoms with E-state index in [-0.39, 0.29) is 40.6 Å². The van der Waals surface area contributed by atoms with E-state index in [0.717, 1.165) is 17.7 Å². The summed E-state index contributed by atoms with van der Waals surface area (Å²) in [5.41, 5.74) is 1.55. The fourth-order valence-electron chi connectivity index (χ4n) is 4.49. The van der Waals surface area contributed by atoms with Gasteiger partial charge in [-0.2, -0.15) is 13.2 Å². The van der Waals surface area contributed by atoms with Crippen molar-refractivity contribution in [3.8, 4) is 16.9 Å². The third kappa shape index (κ3) is 8.57. The average Bonchev–Trinajstić information content (AvgIpc) is 3.03. The zero-order chi connectivity index (χ0) is 33.4. The summed E-state index contributed by atoms with van der Waals surface area (Å²) in [6.07, 6.45) is -4.06. The van der Waals surface area contributed by atoms with E-state index >= 15 is 0 Å². The van der Waals surface area contributed by atoms with Crippen LogP contribution in [0.5, 0.6) is 5.75 Å². The van der Waals surface area contributed by atoms with E-state index in [0.29, 0.717) is 24.1 Å². The molecule has 4 rings (SSSR count). The Morgan fingerprint density at radius 2 is 1.52 bits per heavy atom. The first-order valence-electron chi connectivity index (χ1n) is 14.0. The number of hydrogen-bond donors (Lipinski definition) is 3. The number of hydrogen-bond acceptors (Lipinski definition) is 6. The lowest BCUT2D eigenvalue weighted by Gasteiger charge is -2.17. The smallest absolute Gasteiger partial charge is 0.416 e. The fraction of sp³-hybridized carbons (Fsp3) is 0.176. The molecule has 12 heteroatoms. The van der Waals surface area contributed by atoms with Gasteiger partial charge in [-0.1, -0.05) is 36.4 Å². The van der Waals surface area contributed by atoms with E-state index in [1.807, 2.05) is 0 Å².